The number of carbonyl (C=O) groups excluding carboxylic acids is 1. The van der Waals surface area contributed by atoms with Crippen LogP contribution in [0.25, 0.3) is 11.3 Å². The Morgan fingerprint density at radius 1 is 1.11 bits per heavy atom. The molecule has 1 aromatic heterocycles. The van der Waals surface area contributed by atoms with Crippen LogP contribution in [0.2, 0.25) is 5.02 Å². The number of aliphatic hydroxyl groups is 2. The van der Waals surface area contributed by atoms with Crippen LogP contribution in [0.4, 0.5) is 4.39 Å². The number of nitrogens with zero attached hydrogens (tertiary/aromatic N) is 1. The Labute approximate surface area is 219 Å². The molecule has 1 aliphatic carbocycles. The zero-order valence-corrected chi connectivity index (χ0v) is 21.6. The van der Waals surface area contributed by atoms with Crippen molar-refractivity contribution in [3.8, 4) is 28.5 Å². The molecule has 2 N–H and O–H groups in total. The molecule has 0 amide bonds. The van der Waals surface area contributed by atoms with E-state index in [0.29, 0.717) is 34.1 Å². The van der Waals surface area contributed by atoms with Crippen LogP contribution >= 0.6 is 11.6 Å². The fraction of sp³-hybridized carbons (Fsp3) is 0.357. The molecule has 1 fully saturated rings. The van der Waals surface area contributed by atoms with Gasteiger partial charge in [-0.1, -0.05) is 11.6 Å². The second-order valence-electron chi connectivity index (χ2n) is 9.08. The van der Waals surface area contributed by atoms with Gasteiger partial charge in [0.2, 0.25) is 0 Å². The van der Waals surface area contributed by atoms with Crippen molar-refractivity contribution < 1.29 is 33.6 Å². The predicted molar refractivity (Wildman–Crippen MR) is 137 cm³/mol. The van der Waals surface area contributed by atoms with Gasteiger partial charge in [0.05, 0.1) is 37.1 Å². The van der Waals surface area contributed by atoms with E-state index in [1.807, 2.05) is 0 Å². The quantitative estimate of drug-likeness (QED) is 0.324. The van der Waals surface area contributed by atoms with Gasteiger partial charge >= 0.3 is 0 Å². The molecule has 0 aliphatic heterocycles. The van der Waals surface area contributed by atoms with Crippen molar-refractivity contribution in [2.75, 3.05) is 14.2 Å². The highest BCUT2D eigenvalue weighted by atomic mass is 35.5. The van der Waals surface area contributed by atoms with Gasteiger partial charge in [-0.15, -0.1) is 0 Å². The number of Topliss-reactive ketones (excluding diaryl/α,β-unsaturated/α-hetero) is 1. The van der Waals surface area contributed by atoms with E-state index in [9.17, 15) is 19.4 Å². The lowest BCUT2D eigenvalue weighted by Gasteiger charge is -2.31. The summed E-state index contributed by atoms with van der Waals surface area (Å²) in [6, 6.07) is 12.2. The third-order valence-electron chi connectivity index (χ3n) is 6.44. The lowest BCUT2D eigenvalue weighted by Crippen LogP contribution is -2.39. The van der Waals surface area contributed by atoms with Gasteiger partial charge < -0.3 is 24.4 Å². The summed E-state index contributed by atoms with van der Waals surface area (Å²) in [5, 5.41) is 22.0. The molecule has 1 saturated carbocycles. The van der Waals surface area contributed by atoms with Crippen molar-refractivity contribution in [2.24, 2.45) is 0 Å². The minimum Gasteiger partial charge on any atom is -0.494 e. The molecule has 2 aromatic carbocycles. The topological polar surface area (TPSA) is 98.1 Å². The minimum atomic E-state index is -1.85. The first kappa shape index (κ1) is 26.9. The highest BCUT2D eigenvalue weighted by Gasteiger charge is 2.37. The summed E-state index contributed by atoms with van der Waals surface area (Å²) in [6.07, 6.45) is 0.751. The predicted octanol–water partition coefficient (Wildman–Crippen LogP) is 5.33. The van der Waals surface area contributed by atoms with E-state index < -0.39 is 17.5 Å². The zero-order valence-electron chi connectivity index (χ0n) is 20.8. The number of halogens is 2. The number of hydrogen-bond donors (Lipinski definition) is 2. The van der Waals surface area contributed by atoms with Crippen molar-refractivity contribution in [1.29, 1.82) is 0 Å². The number of benzene rings is 2. The summed E-state index contributed by atoms with van der Waals surface area (Å²) in [5.74, 6) is 0.592. The number of hydrogen-bond acceptors (Lipinski definition) is 7. The Hall–Kier alpha value is -3.20. The molecule has 3 aromatic rings. The molecule has 1 aliphatic rings. The van der Waals surface area contributed by atoms with Gasteiger partial charge in [0.1, 0.15) is 22.9 Å². The average Bonchev–Trinajstić information content (AvgIpc) is 3.72. The van der Waals surface area contributed by atoms with E-state index in [4.69, 9.17) is 25.8 Å². The Kier molecular flexibility index (Phi) is 8.02. The van der Waals surface area contributed by atoms with Gasteiger partial charge in [-0.05, 0) is 74.7 Å². The van der Waals surface area contributed by atoms with E-state index in [2.05, 4.69) is 4.98 Å². The van der Waals surface area contributed by atoms with Gasteiger partial charge in [0.25, 0.3) is 0 Å². The Bertz CT molecular complexity index is 1300. The minimum absolute atomic E-state index is 0.0706. The molecule has 0 saturated heterocycles. The molecule has 4 rings (SSSR count). The molecule has 7 nitrogen and oxygen atoms in total. The highest BCUT2D eigenvalue weighted by Crippen LogP contribution is 2.37. The van der Waals surface area contributed by atoms with Gasteiger partial charge in [0.15, 0.2) is 17.3 Å². The van der Waals surface area contributed by atoms with E-state index in [0.717, 1.165) is 12.8 Å². The van der Waals surface area contributed by atoms with E-state index in [-0.39, 0.29) is 35.4 Å². The van der Waals surface area contributed by atoms with Crippen LogP contribution in [0.15, 0.2) is 48.5 Å². The van der Waals surface area contributed by atoms with Gasteiger partial charge in [0, 0.05) is 17.5 Å². The molecule has 2 atom stereocenters. The number of carbonyl (C=O) groups is 1. The van der Waals surface area contributed by atoms with Crippen molar-refractivity contribution in [1.82, 2.24) is 4.98 Å². The lowest BCUT2D eigenvalue weighted by atomic mass is 9.86. The summed E-state index contributed by atoms with van der Waals surface area (Å²) in [4.78, 5) is 17.6. The molecule has 0 bridgehead atoms. The van der Waals surface area contributed by atoms with Crippen LogP contribution in [-0.4, -0.2) is 47.4 Å². The van der Waals surface area contributed by atoms with Crippen molar-refractivity contribution in [3.05, 3.63) is 70.6 Å². The largest absolute Gasteiger partial charge is 0.494 e. The number of methoxy groups -OCH3 is 2. The standard InChI is InChI=1S/C28H29ClFNO6/c1-16(32)28(34,13-12-22(33)17-5-9-23(25(15-17)36-3)37-19-6-7-19)26-11-10-24(35-2)27(31-26)18-4-8-21(30)20(29)14-18/h4-5,8-11,14-16,19,32,34H,6-7,12-13H2,1-3H3. The molecular weight excluding hydrogens is 501 g/mol. The Balaban J connectivity index is 1.59. The maximum atomic E-state index is 13.7. The number of aliphatic hydroxyl groups excluding tert-OH is 1. The smallest absolute Gasteiger partial charge is 0.163 e. The van der Waals surface area contributed by atoms with Crippen molar-refractivity contribution >= 4 is 17.4 Å². The molecule has 196 valence electrons. The van der Waals surface area contributed by atoms with Gasteiger partial charge in [-0.2, -0.15) is 0 Å². The summed E-state index contributed by atoms with van der Waals surface area (Å²) in [7, 11) is 2.97. The first-order valence-electron chi connectivity index (χ1n) is 12.0. The normalized spacial score (nSPS) is 15.5. The van der Waals surface area contributed by atoms with E-state index >= 15 is 0 Å². The molecule has 2 unspecified atom stereocenters. The first-order valence-corrected chi connectivity index (χ1v) is 12.3. The Morgan fingerprint density at radius 3 is 2.43 bits per heavy atom. The maximum absolute atomic E-state index is 13.7. The van der Waals surface area contributed by atoms with E-state index in [1.165, 1.54) is 45.4 Å². The van der Waals surface area contributed by atoms with E-state index in [1.54, 1.807) is 24.3 Å². The zero-order chi connectivity index (χ0) is 26.7. The summed E-state index contributed by atoms with van der Waals surface area (Å²) in [6.45, 7) is 1.43. The van der Waals surface area contributed by atoms with Gasteiger partial charge in [-0.3, -0.25) is 4.79 Å². The SMILES string of the molecule is COc1cc(C(=O)CCC(O)(c2ccc(OC)c(-c3ccc(F)c(Cl)c3)n2)C(C)O)ccc1OC1CC1. The van der Waals surface area contributed by atoms with Crippen LogP contribution in [0.5, 0.6) is 17.2 Å². The van der Waals surface area contributed by atoms with Crippen molar-refractivity contribution in [2.45, 2.75) is 50.4 Å². The average molecular weight is 530 g/mol. The van der Waals surface area contributed by atoms with Crippen LogP contribution in [0.3, 0.4) is 0 Å². The molecule has 0 spiro atoms. The van der Waals surface area contributed by atoms with Crippen LogP contribution in [0, 0.1) is 5.82 Å². The van der Waals surface area contributed by atoms with Crippen LogP contribution in [0.1, 0.15) is 48.7 Å². The first-order chi connectivity index (χ1) is 17.7. The summed E-state index contributed by atoms with van der Waals surface area (Å²) < 4.78 is 30.3. The maximum Gasteiger partial charge on any atom is 0.163 e. The third kappa shape index (κ3) is 5.87. The van der Waals surface area contributed by atoms with Gasteiger partial charge in [-0.25, -0.2) is 9.37 Å². The number of ketones is 1. The summed E-state index contributed by atoms with van der Waals surface area (Å²) >= 11 is 5.95. The monoisotopic (exact) mass is 529 g/mol. The van der Waals surface area contributed by atoms with Crippen LogP contribution in [-0.2, 0) is 5.60 Å². The number of pyridine rings is 1. The fourth-order valence-electron chi connectivity index (χ4n) is 4.01. The third-order valence-corrected chi connectivity index (χ3v) is 6.73. The number of rotatable bonds is 11. The lowest BCUT2D eigenvalue weighted by molar-refractivity contribution is -0.0800. The molecule has 9 heteroatoms. The second kappa shape index (κ2) is 11.0. The molecule has 0 radical (unpaired) electrons. The van der Waals surface area contributed by atoms with Crippen LogP contribution < -0.4 is 14.2 Å². The highest BCUT2D eigenvalue weighted by molar-refractivity contribution is 6.31. The summed E-state index contributed by atoms with van der Waals surface area (Å²) in [5.41, 5.74) is -0.535. The molecule has 1 heterocycles. The molecule has 37 heavy (non-hydrogen) atoms. The Morgan fingerprint density at radius 2 is 1.81 bits per heavy atom. The number of ether oxygens (including phenoxy) is 3. The number of aromatic nitrogens is 1. The second-order valence-corrected chi connectivity index (χ2v) is 9.49. The van der Waals surface area contributed by atoms with Crippen molar-refractivity contribution in [3.63, 3.8) is 0 Å². The molecular formula is C28H29ClFNO6. The fourth-order valence-corrected chi connectivity index (χ4v) is 4.19.